The molecule has 54 valence electrons. The zero-order chi connectivity index (χ0) is 6.53. The molecule has 0 atom stereocenters. The van der Waals surface area contributed by atoms with E-state index >= 15 is 0 Å². The molecular formula is C5H11NO3. The smallest absolute Gasteiger partial charge is 0.160 e. The van der Waals surface area contributed by atoms with Crippen molar-refractivity contribution < 1.29 is 14.3 Å². The second-order valence-corrected chi connectivity index (χ2v) is 1.83. The molecule has 0 radical (unpaired) electrons. The fraction of sp³-hybridized carbons (Fsp3) is 1.00. The highest BCUT2D eigenvalue weighted by Gasteiger charge is 2.14. The lowest BCUT2D eigenvalue weighted by molar-refractivity contribution is -0.0620. The Labute approximate surface area is 53.8 Å². The number of nitrogens with two attached hydrogens (primary N) is 1. The summed E-state index contributed by atoms with van der Waals surface area (Å²) in [7, 11) is 0. The Morgan fingerprint density at radius 3 is 2.67 bits per heavy atom. The molecule has 4 nitrogen and oxygen atoms in total. The van der Waals surface area contributed by atoms with Crippen LogP contribution in [0.25, 0.3) is 0 Å². The predicted octanol–water partition coefficient (Wildman–Crippen LogP) is -0.360. The number of hydrogen-bond donors (Lipinski definition) is 1. The third-order valence-electron chi connectivity index (χ3n) is 1.16. The van der Waals surface area contributed by atoms with Crippen LogP contribution in [0.1, 0.15) is 6.42 Å². The van der Waals surface area contributed by atoms with Crippen molar-refractivity contribution in [1.82, 2.24) is 0 Å². The van der Waals surface area contributed by atoms with Crippen LogP contribution in [0.5, 0.6) is 0 Å². The first kappa shape index (κ1) is 6.95. The van der Waals surface area contributed by atoms with Crippen LogP contribution >= 0.6 is 0 Å². The summed E-state index contributed by atoms with van der Waals surface area (Å²) >= 11 is 0. The Balaban J connectivity index is 1.98. The van der Waals surface area contributed by atoms with E-state index in [1.54, 1.807) is 0 Å². The van der Waals surface area contributed by atoms with Crippen molar-refractivity contribution in [3.8, 4) is 0 Å². The lowest BCUT2D eigenvalue weighted by Crippen LogP contribution is -2.13. The highest BCUT2D eigenvalue weighted by molar-refractivity contribution is 4.50. The van der Waals surface area contributed by atoms with Gasteiger partial charge in [0, 0.05) is 6.42 Å². The van der Waals surface area contributed by atoms with Crippen LogP contribution in [0, 0.1) is 0 Å². The normalized spacial score (nSPS) is 21.0. The Morgan fingerprint density at radius 1 is 1.44 bits per heavy atom. The first-order valence-corrected chi connectivity index (χ1v) is 2.98. The largest absolute Gasteiger partial charge is 0.350 e. The maximum absolute atomic E-state index is 5.10. The van der Waals surface area contributed by atoms with Crippen molar-refractivity contribution in [2.24, 2.45) is 5.90 Å². The van der Waals surface area contributed by atoms with E-state index < -0.39 is 0 Å². The van der Waals surface area contributed by atoms with Gasteiger partial charge in [-0.2, -0.15) is 0 Å². The minimum Gasteiger partial charge on any atom is -0.350 e. The highest BCUT2D eigenvalue weighted by Crippen LogP contribution is 2.06. The molecule has 0 spiro atoms. The van der Waals surface area contributed by atoms with Crippen LogP contribution in [0.2, 0.25) is 0 Å². The van der Waals surface area contributed by atoms with E-state index in [1.165, 1.54) is 0 Å². The van der Waals surface area contributed by atoms with Gasteiger partial charge in [0.1, 0.15) is 0 Å². The zero-order valence-electron chi connectivity index (χ0n) is 5.21. The van der Waals surface area contributed by atoms with Crippen molar-refractivity contribution >= 4 is 0 Å². The standard InChI is InChI=1S/C5H11NO3/c6-9-2-1-5-7-3-4-8-5/h5H,1-4,6H2. The van der Waals surface area contributed by atoms with Crippen LogP contribution in [0.4, 0.5) is 0 Å². The molecule has 0 amide bonds. The molecule has 0 aliphatic carbocycles. The molecule has 0 aromatic heterocycles. The summed E-state index contributed by atoms with van der Waals surface area (Å²) in [6.45, 7) is 1.87. The van der Waals surface area contributed by atoms with Gasteiger partial charge >= 0.3 is 0 Å². The van der Waals surface area contributed by atoms with Crippen molar-refractivity contribution in [2.45, 2.75) is 12.7 Å². The molecule has 4 heteroatoms. The predicted molar refractivity (Wildman–Crippen MR) is 30.4 cm³/mol. The van der Waals surface area contributed by atoms with Gasteiger partial charge in [-0.15, -0.1) is 0 Å². The first-order valence-electron chi connectivity index (χ1n) is 2.98. The number of rotatable bonds is 3. The van der Waals surface area contributed by atoms with Crippen molar-refractivity contribution in [2.75, 3.05) is 19.8 Å². The molecule has 1 heterocycles. The molecule has 1 aliphatic rings. The maximum Gasteiger partial charge on any atom is 0.160 e. The van der Waals surface area contributed by atoms with E-state index in [0.29, 0.717) is 19.8 Å². The average Bonchev–Trinajstić information content (AvgIpc) is 2.34. The number of ether oxygens (including phenoxy) is 2. The van der Waals surface area contributed by atoms with Gasteiger partial charge in [-0.25, -0.2) is 5.90 Å². The van der Waals surface area contributed by atoms with Gasteiger partial charge < -0.3 is 14.3 Å². The molecule has 1 saturated heterocycles. The molecule has 1 fully saturated rings. The van der Waals surface area contributed by atoms with Crippen LogP contribution in [0.3, 0.4) is 0 Å². The lowest BCUT2D eigenvalue weighted by Gasteiger charge is -2.05. The SMILES string of the molecule is NOCCC1OCCO1. The Hall–Kier alpha value is -0.160. The summed E-state index contributed by atoms with van der Waals surface area (Å²) in [6.07, 6.45) is 0.629. The summed E-state index contributed by atoms with van der Waals surface area (Å²) in [5.74, 6) is 4.80. The third kappa shape index (κ3) is 2.28. The van der Waals surface area contributed by atoms with Crippen LogP contribution < -0.4 is 5.90 Å². The van der Waals surface area contributed by atoms with Gasteiger partial charge in [0.25, 0.3) is 0 Å². The Morgan fingerprint density at radius 2 is 2.11 bits per heavy atom. The molecule has 0 bridgehead atoms. The average molecular weight is 133 g/mol. The zero-order valence-corrected chi connectivity index (χ0v) is 5.21. The van der Waals surface area contributed by atoms with E-state index in [0.717, 1.165) is 6.42 Å². The molecule has 1 aliphatic heterocycles. The quantitative estimate of drug-likeness (QED) is 0.534. The van der Waals surface area contributed by atoms with Crippen LogP contribution in [0.15, 0.2) is 0 Å². The van der Waals surface area contributed by atoms with E-state index in [9.17, 15) is 0 Å². The minimum atomic E-state index is -0.0893. The summed E-state index contributed by atoms with van der Waals surface area (Å²) in [4.78, 5) is 4.34. The van der Waals surface area contributed by atoms with Gasteiger partial charge in [0.05, 0.1) is 19.8 Å². The molecule has 9 heavy (non-hydrogen) atoms. The van der Waals surface area contributed by atoms with E-state index in [4.69, 9.17) is 15.4 Å². The third-order valence-corrected chi connectivity index (χ3v) is 1.16. The first-order chi connectivity index (χ1) is 4.43. The van der Waals surface area contributed by atoms with E-state index in [1.807, 2.05) is 0 Å². The number of hydrogen-bond acceptors (Lipinski definition) is 4. The summed E-state index contributed by atoms with van der Waals surface area (Å²) in [5.41, 5.74) is 0. The van der Waals surface area contributed by atoms with Crippen LogP contribution in [-0.2, 0) is 14.3 Å². The van der Waals surface area contributed by atoms with Crippen molar-refractivity contribution in [1.29, 1.82) is 0 Å². The maximum atomic E-state index is 5.10. The lowest BCUT2D eigenvalue weighted by atomic mass is 10.4. The van der Waals surface area contributed by atoms with Crippen molar-refractivity contribution in [3.05, 3.63) is 0 Å². The summed E-state index contributed by atoms with van der Waals surface area (Å²) in [6, 6.07) is 0. The Bertz CT molecular complexity index is 72.6. The van der Waals surface area contributed by atoms with Gasteiger partial charge in [-0.05, 0) is 0 Å². The Kier molecular flexibility index (Phi) is 2.93. The minimum absolute atomic E-state index is 0.0893. The monoisotopic (exact) mass is 133 g/mol. The molecule has 0 aromatic rings. The topological polar surface area (TPSA) is 53.7 Å². The van der Waals surface area contributed by atoms with Crippen molar-refractivity contribution in [3.63, 3.8) is 0 Å². The molecular weight excluding hydrogens is 122 g/mol. The second-order valence-electron chi connectivity index (χ2n) is 1.83. The summed E-state index contributed by atoms with van der Waals surface area (Å²) < 4.78 is 10.2. The van der Waals surface area contributed by atoms with Crippen LogP contribution in [-0.4, -0.2) is 26.1 Å². The molecule has 0 aromatic carbocycles. The fourth-order valence-electron chi connectivity index (χ4n) is 0.738. The molecule has 0 unspecified atom stereocenters. The molecule has 2 N–H and O–H groups in total. The second kappa shape index (κ2) is 3.79. The highest BCUT2D eigenvalue weighted by atomic mass is 16.7. The molecule has 1 rings (SSSR count). The van der Waals surface area contributed by atoms with Gasteiger partial charge in [0.15, 0.2) is 6.29 Å². The molecule has 0 saturated carbocycles. The fourth-order valence-corrected chi connectivity index (χ4v) is 0.738. The van der Waals surface area contributed by atoms with Gasteiger partial charge in [-0.3, -0.25) is 0 Å². The van der Waals surface area contributed by atoms with E-state index in [2.05, 4.69) is 4.84 Å². The van der Waals surface area contributed by atoms with E-state index in [-0.39, 0.29) is 6.29 Å². The van der Waals surface area contributed by atoms with Gasteiger partial charge in [-0.1, -0.05) is 0 Å². The summed E-state index contributed by atoms with van der Waals surface area (Å²) in [5, 5.41) is 0. The van der Waals surface area contributed by atoms with Gasteiger partial charge in [0.2, 0.25) is 0 Å².